The summed E-state index contributed by atoms with van der Waals surface area (Å²) in [5.74, 6) is 0. The normalized spacial score (nSPS) is 15.0. The maximum absolute atomic E-state index is 8.90. The van der Waals surface area contributed by atoms with Crippen LogP contribution in [0.5, 0.6) is 0 Å². The van der Waals surface area contributed by atoms with E-state index in [9.17, 15) is 0 Å². The van der Waals surface area contributed by atoms with Crippen LogP contribution in [0.4, 0.5) is 0 Å². The Labute approximate surface area is 571 Å². The minimum Gasteiger partial charge on any atom is -0.442 e. The van der Waals surface area contributed by atoms with Crippen LogP contribution in [0.1, 0.15) is 373 Å². The third kappa shape index (κ3) is 23.2. The van der Waals surface area contributed by atoms with Gasteiger partial charge in [0.15, 0.2) is 0 Å². The molecule has 4 rings (SSSR count). The maximum Gasteiger partial charge on any atom is 0.272 e. The molecule has 4 aromatic carbocycles. The summed E-state index contributed by atoms with van der Waals surface area (Å²) < 4.78 is 8.90. The van der Waals surface area contributed by atoms with Crippen molar-refractivity contribution in [1.82, 2.24) is 0 Å². The molecule has 1 nitrogen and oxygen atoms in total. The fourth-order valence-electron chi connectivity index (χ4n) is 19.4. The predicted octanol–water partition coefficient (Wildman–Crippen LogP) is 24.3. The molecule has 0 aromatic heterocycles. The molecule has 4 aromatic rings. The van der Waals surface area contributed by atoms with Crippen LogP contribution >= 0.6 is 0 Å². The smallest absolute Gasteiger partial charge is 0.272 e. The molecule has 0 saturated carbocycles. The average molecular weight is 1280 g/mol. The van der Waals surface area contributed by atoms with Crippen molar-refractivity contribution in [3.05, 3.63) is 117 Å². The van der Waals surface area contributed by atoms with Crippen LogP contribution in [0.3, 0.4) is 0 Å². The second kappa shape index (κ2) is 26.6. The monoisotopic (exact) mass is 1280 g/mol. The molecule has 91 heavy (non-hydrogen) atoms. The van der Waals surface area contributed by atoms with Crippen LogP contribution in [0.15, 0.2) is 72.8 Å². The lowest BCUT2D eigenvalue weighted by Gasteiger charge is -2.42. The van der Waals surface area contributed by atoms with E-state index in [1.807, 2.05) is 0 Å². The molecule has 0 aliphatic rings. The molecule has 0 aliphatic carbocycles. The molecular weight excluding hydrogens is 1130 g/mol. The summed E-state index contributed by atoms with van der Waals surface area (Å²) >= 11 is 0. The van der Waals surface area contributed by atoms with Gasteiger partial charge in [-0.1, -0.05) is 350 Å². The first kappa shape index (κ1) is 80.7. The van der Waals surface area contributed by atoms with Gasteiger partial charge >= 0.3 is 0 Å². The maximum atomic E-state index is 8.90. The van der Waals surface area contributed by atoms with Gasteiger partial charge in [0.25, 0.3) is 18.1 Å². The molecule has 0 fully saturated rings. The van der Waals surface area contributed by atoms with E-state index >= 15 is 0 Å². The fourth-order valence-corrected chi connectivity index (χ4v) is 24.8. The van der Waals surface area contributed by atoms with Gasteiger partial charge in [-0.25, -0.2) is 0 Å². The highest BCUT2D eigenvalue weighted by atomic mass is 28.4. The Balaban J connectivity index is 2.51. The highest BCUT2D eigenvalue weighted by molar-refractivity contribution is 6.91. The fraction of sp³-hybridized carbons (Fsp3) is 0.727. The molecule has 0 aliphatic heterocycles. The van der Waals surface area contributed by atoms with Gasteiger partial charge in [0.2, 0.25) is 0 Å². The van der Waals surface area contributed by atoms with Gasteiger partial charge in [0.05, 0.1) is 0 Å². The Kier molecular flexibility index (Phi) is 23.6. The Morgan fingerprint density at radius 1 is 0.187 bits per heavy atom. The largest absolute Gasteiger partial charge is 0.442 e. The average Bonchev–Trinajstić information content (AvgIpc) is 0.766. The van der Waals surface area contributed by atoms with E-state index in [1.54, 1.807) is 0 Å². The van der Waals surface area contributed by atoms with Gasteiger partial charge in [0.1, 0.15) is 0 Å². The van der Waals surface area contributed by atoms with E-state index in [4.69, 9.17) is 4.12 Å². The van der Waals surface area contributed by atoms with Gasteiger partial charge in [-0.2, -0.15) is 0 Å². The van der Waals surface area contributed by atoms with Gasteiger partial charge < -0.3 is 4.12 Å². The lowest BCUT2D eigenvalue weighted by molar-refractivity contribution is 0.264. The second-order valence-electron chi connectivity index (χ2n) is 44.8. The SMILES string of the molecule is CC(C)(C)CC(C)(C)c1ccc([Si](O[Si](c2ccc(C(C)(C)CC(C)(C)C)c(C(C)(C)CC(C)(C)C)c2)c2ccc(C(C)(C)CC(C)(C)C)c(C(C)(C)CC(C)(C)C)c2)c2ccc(C(C)(C)CC(C)(C)C)c(C(C)(C)CC(C)(C)C)c2)cc1C(C)(C)CC(C)(C)C. The van der Waals surface area contributed by atoms with Crippen molar-refractivity contribution in [2.24, 2.45) is 43.3 Å². The van der Waals surface area contributed by atoms with Crippen molar-refractivity contribution in [3.8, 4) is 0 Å². The second-order valence-corrected chi connectivity index (χ2v) is 49.2. The van der Waals surface area contributed by atoms with Gasteiger partial charge in [-0.15, -0.1) is 0 Å². The summed E-state index contributed by atoms with van der Waals surface area (Å²) in [6.45, 7) is 98.9. The first-order valence-electron chi connectivity index (χ1n) is 36.0. The summed E-state index contributed by atoms with van der Waals surface area (Å²) in [5, 5.41) is 5.42. The Hall–Kier alpha value is -2.73. The zero-order valence-electron chi connectivity index (χ0n) is 68.0. The summed E-state index contributed by atoms with van der Waals surface area (Å²) in [6, 6.07) is 31.4. The zero-order valence-corrected chi connectivity index (χ0v) is 70.0. The Bertz CT molecular complexity index is 2670. The highest BCUT2D eigenvalue weighted by Gasteiger charge is 2.44. The Morgan fingerprint density at radius 3 is 0.429 bits per heavy atom. The number of rotatable bonds is 22. The summed E-state index contributed by atoms with van der Waals surface area (Å²) in [6.07, 6.45) is 8.62. The number of hydrogen-bond acceptors (Lipinski definition) is 1. The van der Waals surface area contributed by atoms with E-state index in [2.05, 4.69) is 350 Å². The summed E-state index contributed by atoms with van der Waals surface area (Å²) in [4.78, 5) is 0. The molecule has 2 radical (unpaired) electrons. The molecular formula is C88H148OSi2. The molecule has 0 bridgehead atoms. The molecule has 0 amide bonds. The van der Waals surface area contributed by atoms with Crippen molar-refractivity contribution < 1.29 is 4.12 Å². The molecule has 0 heterocycles. The molecule has 0 unspecified atom stereocenters. The summed E-state index contributed by atoms with van der Waals surface area (Å²) in [5.41, 5.74) is 12.2. The molecule has 514 valence electrons. The Morgan fingerprint density at radius 2 is 0.308 bits per heavy atom. The first-order chi connectivity index (χ1) is 40.0. The number of benzene rings is 4. The number of hydrogen-bond donors (Lipinski definition) is 0. The standard InChI is InChI=1S/C88H148OSi2/c1-73(2,3)53-81(25,26)65-45-41-61(49-69(65)85(33,34)57-77(13,14)15)90(62-42-46-66(82(27,28)54-74(4,5)6)70(50-62)86(35,36)58-78(16,17)18)89-91(63-43-47-67(83(29,30)55-75(7,8)9)71(51-63)87(37,38)59-79(19,20)21)64-44-48-68(84(31,32)56-76(10,11)12)72(52-64)88(39,40)60-80(22,23)24/h41-52H,53-60H2,1-40H3. The van der Waals surface area contributed by atoms with Crippen LogP contribution in [-0.4, -0.2) is 18.1 Å². The molecule has 0 N–H and O–H groups in total. The van der Waals surface area contributed by atoms with Gasteiger partial charge in [-0.3, -0.25) is 0 Å². The first-order valence-corrected chi connectivity index (χ1v) is 38.8. The van der Waals surface area contributed by atoms with E-state index < -0.39 is 18.1 Å². The van der Waals surface area contributed by atoms with Crippen LogP contribution < -0.4 is 20.7 Å². The van der Waals surface area contributed by atoms with E-state index in [1.165, 1.54) is 65.3 Å². The molecule has 0 spiro atoms. The molecule has 0 saturated heterocycles. The third-order valence-corrected chi connectivity index (χ3v) is 23.9. The minimum atomic E-state index is -2.06. The van der Waals surface area contributed by atoms with Gasteiger partial charge in [-0.05, 0) is 203 Å². The van der Waals surface area contributed by atoms with Crippen molar-refractivity contribution in [2.45, 2.75) is 372 Å². The highest BCUT2D eigenvalue weighted by Crippen LogP contribution is 2.49. The lowest BCUT2D eigenvalue weighted by Crippen LogP contribution is -2.57. The molecule has 3 heteroatoms. The predicted molar refractivity (Wildman–Crippen MR) is 414 cm³/mol. The third-order valence-electron chi connectivity index (χ3n) is 18.9. The van der Waals surface area contributed by atoms with E-state index in [-0.39, 0.29) is 86.6 Å². The van der Waals surface area contributed by atoms with Crippen molar-refractivity contribution in [2.75, 3.05) is 0 Å². The van der Waals surface area contributed by atoms with E-state index in [0.717, 1.165) is 51.4 Å². The lowest BCUT2D eigenvalue weighted by atomic mass is 9.65. The van der Waals surface area contributed by atoms with Crippen LogP contribution in [0.25, 0.3) is 0 Å². The van der Waals surface area contributed by atoms with E-state index in [0.29, 0.717) is 0 Å². The van der Waals surface area contributed by atoms with Crippen LogP contribution in [0, 0.1) is 43.3 Å². The minimum absolute atomic E-state index is 0.0635. The van der Waals surface area contributed by atoms with Crippen molar-refractivity contribution in [3.63, 3.8) is 0 Å². The van der Waals surface area contributed by atoms with Gasteiger partial charge in [0, 0.05) is 0 Å². The zero-order chi connectivity index (χ0) is 70.9. The van der Waals surface area contributed by atoms with Crippen LogP contribution in [0.2, 0.25) is 0 Å². The quantitative estimate of drug-likeness (QED) is 0.0713. The summed E-state index contributed by atoms with van der Waals surface area (Å²) in [7, 11) is -4.13. The van der Waals surface area contributed by atoms with Crippen LogP contribution in [-0.2, 0) is 47.4 Å². The topological polar surface area (TPSA) is 9.23 Å². The van der Waals surface area contributed by atoms with Crippen molar-refractivity contribution in [1.29, 1.82) is 0 Å². The van der Waals surface area contributed by atoms with Crippen molar-refractivity contribution >= 4 is 38.8 Å². The molecule has 0 atom stereocenters.